The number of halogens is 2. The van der Waals surface area contributed by atoms with Crippen LogP contribution in [-0.2, 0) is 4.74 Å². The molecule has 1 N–H and O–H groups in total. The normalized spacial score (nSPS) is 34.4. The lowest BCUT2D eigenvalue weighted by molar-refractivity contribution is -0.0526. The van der Waals surface area contributed by atoms with Gasteiger partial charge in [-0.25, -0.2) is 0 Å². The first kappa shape index (κ1) is 14.6. The summed E-state index contributed by atoms with van der Waals surface area (Å²) in [5.74, 6) is 0.783. The molecule has 1 spiro atoms. The van der Waals surface area contributed by atoms with Gasteiger partial charge in [-0.15, -0.1) is 0 Å². The second kappa shape index (κ2) is 5.84. The molecule has 0 bridgehead atoms. The van der Waals surface area contributed by atoms with Crippen LogP contribution >= 0.6 is 23.2 Å². The number of ether oxygens (including phenoxy) is 1. The summed E-state index contributed by atoms with van der Waals surface area (Å²) in [7, 11) is 0. The summed E-state index contributed by atoms with van der Waals surface area (Å²) >= 11 is 12.3. The summed E-state index contributed by atoms with van der Waals surface area (Å²) in [6.45, 7) is 3.92. The Morgan fingerprint density at radius 2 is 2.20 bits per heavy atom. The van der Waals surface area contributed by atoms with Crippen molar-refractivity contribution < 1.29 is 4.74 Å². The summed E-state index contributed by atoms with van der Waals surface area (Å²) in [4.78, 5) is 0. The van der Waals surface area contributed by atoms with Crippen molar-refractivity contribution in [2.24, 2.45) is 5.92 Å². The second-order valence-electron chi connectivity index (χ2n) is 6.33. The molecule has 110 valence electrons. The molecule has 3 atom stereocenters. The van der Waals surface area contributed by atoms with Crippen molar-refractivity contribution in [3.63, 3.8) is 0 Å². The van der Waals surface area contributed by atoms with Crippen molar-refractivity contribution in [2.75, 3.05) is 13.2 Å². The van der Waals surface area contributed by atoms with Crippen LogP contribution in [0.2, 0.25) is 10.0 Å². The molecule has 1 aliphatic heterocycles. The molecule has 20 heavy (non-hydrogen) atoms. The number of hydrogen-bond donors (Lipinski definition) is 1. The number of morpholine rings is 1. The second-order valence-corrected chi connectivity index (χ2v) is 7.17. The van der Waals surface area contributed by atoms with E-state index < -0.39 is 0 Å². The zero-order valence-corrected chi connectivity index (χ0v) is 13.3. The molecule has 1 aliphatic carbocycles. The molecule has 2 fully saturated rings. The third-order valence-corrected chi connectivity index (χ3v) is 5.20. The van der Waals surface area contributed by atoms with Crippen molar-refractivity contribution >= 4 is 23.2 Å². The lowest BCUT2D eigenvalue weighted by Crippen LogP contribution is -2.57. The van der Waals surface area contributed by atoms with Gasteiger partial charge in [-0.2, -0.15) is 0 Å². The zero-order chi connectivity index (χ0) is 14.2. The van der Waals surface area contributed by atoms with Crippen molar-refractivity contribution in [3.05, 3.63) is 33.8 Å². The first-order chi connectivity index (χ1) is 9.58. The number of benzene rings is 1. The minimum absolute atomic E-state index is 0.00376. The van der Waals surface area contributed by atoms with Gasteiger partial charge in [-0.05, 0) is 37.0 Å². The van der Waals surface area contributed by atoms with E-state index in [1.54, 1.807) is 0 Å². The van der Waals surface area contributed by atoms with Crippen LogP contribution in [-0.4, -0.2) is 18.7 Å². The van der Waals surface area contributed by atoms with E-state index in [4.69, 9.17) is 27.9 Å². The van der Waals surface area contributed by atoms with Gasteiger partial charge in [0.25, 0.3) is 0 Å². The average molecular weight is 314 g/mol. The van der Waals surface area contributed by atoms with E-state index in [2.05, 4.69) is 12.2 Å². The summed E-state index contributed by atoms with van der Waals surface area (Å²) < 4.78 is 6.14. The molecule has 3 unspecified atom stereocenters. The predicted octanol–water partition coefficient (Wildman–Crippen LogP) is 4.60. The molecular formula is C16H21Cl2NO. The lowest BCUT2D eigenvalue weighted by Gasteiger charge is -2.45. The molecule has 1 aromatic carbocycles. The third kappa shape index (κ3) is 2.99. The lowest BCUT2D eigenvalue weighted by atomic mass is 9.76. The molecule has 0 radical (unpaired) electrons. The van der Waals surface area contributed by atoms with Gasteiger partial charge in [-0.1, -0.05) is 43.0 Å². The summed E-state index contributed by atoms with van der Waals surface area (Å²) in [6.07, 6.45) is 5.06. The van der Waals surface area contributed by atoms with Gasteiger partial charge >= 0.3 is 0 Å². The van der Waals surface area contributed by atoms with E-state index in [0.717, 1.165) is 29.7 Å². The van der Waals surface area contributed by atoms with E-state index in [1.807, 2.05) is 18.2 Å². The summed E-state index contributed by atoms with van der Waals surface area (Å²) in [5.41, 5.74) is 1.17. The van der Waals surface area contributed by atoms with Crippen molar-refractivity contribution in [2.45, 2.75) is 44.2 Å². The topological polar surface area (TPSA) is 21.3 Å². The van der Waals surface area contributed by atoms with Crippen LogP contribution in [0.15, 0.2) is 18.2 Å². The van der Waals surface area contributed by atoms with Crippen LogP contribution in [0.3, 0.4) is 0 Å². The van der Waals surface area contributed by atoms with Gasteiger partial charge in [0.1, 0.15) is 0 Å². The molecule has 1 saturated heterocycles. The van der Waals surface area contributed by atoms with Gasteiger partial charge in [0.05, 0.1) is 12.7 Å². The van der Waals surface area contributed by atoms with Crippen molar-refractivity contribution in [1.29, 1.82) is 0 Å². The quantitative estimate of drug-likeness (QED) is 0.818. The van der Waals surface area contributed by atoms with Crippen molar-refractivity contribution in [1.82, 2.24) is 5.32 Å². The van der Waals surface area contributed by atoms with Gasteiger partial charge in [0, 0.05) is 27.7 Å². The Morgan fingerprint density at radius 3 is 2.90 bits per heavy atom. The van der Waals surface area contributed by atoms with E-state index in [1.165, 1.54) is 25.7 Å². The molecule has 4 heteroatoms. The van der Waals surface area contributed by atoms with Crippen LogP contribution in [0.1, 0.15) is 44.3 Å². The summed E-state index contributed by atoms with van der Waals surface area (Å²) in [6, 6.07) is 5.57. The Morgan fingerprint density at radius 1 is 1.35 bits per heavy atom. The smallest absolute Gasteiger partial charge is 0.0965 e. The Balaban J connectivity index is 1.70. The van der Waals surface area contributed by atoms with Crippen LogP contribution in [0.5, 0.6) is 0 Å². The average Bonchev–Trinajstić information content (AvgIpc) is 2.43. The van der Waals surface area contributed by atoms with Crippen LogP contribution < -0.4 is 5.32 Å². The predicted molar refractivity (Wildman–Crippen MR) is 83.5 cm³/mol. The molecule has 2 nitrogen and oxygen atoms in total. The Hall–Kier alpha value is -0.280. The maximum Gasteiger partial charge on any atom is 0.0965 e. The fraction of sp³-hybridized carbons (Fsp3) is 0.625. The molecule has 0 aromatic heterocycles. The van der Waals surface area contributed by atoms with E-state index in [9.17, 15) is 0 Å². The molecule has 1 saturated carbocycles. The molecular weight excluding hydrogens is 293 g/mol. The molecule has 0 amide bonds. The van der Waals surface area contributed by atoms with Gasteiger partial charge in [0.15, 0.2) is 0 Å². The molecule has 1 heterocycles. The Bertz CT molecular complexity index is 483. The monoisotopic (exact) mass is 313 g/mol. The highest BCUT2D eigenvalue weighted by Crippen LogP contribution is 2.38. The fourth-order valence-electron chi connectivity index (χ4n) is 3.59. The number of nitrogens with one attached hydrogen (secondary N) is 1. The first-order valence-corrected chi connectivity index (χ1v) is 8.15. The third-order valence-electron chi connectivity index (χ3n) is 4.62. The standard InChI is InChI=1S/C16H21Cl2NO/c1-11-3-2-6-16(8-11)10-20-15(9-19-16)13-7-12(17)4-5-14(13)18/h4-5,7,11,15,19H,2-3,6,8-10H2,1H3. The highest BCUT2D eigenvalue weighted by molar-refractivity contribution is 6.33. The van der Waals surface area contributed by atoms with E-state index in [0.29, 0.717) is 5.02 Å². The van der Waals surface area contributed by atoms with Gasteiger partial charge < -0.3 is 10.1 Å². The van der Waals surface area contributed by atoms with Gasteiger partial charge in [-0.3, -0.25) is 0 Å². The van der Waals surface area contributed by atoms with Crippen LogP contribution in [0, 0.1) is 5.92 Å². The van der Waals surface area contributed by atoms with Gasteiger partial charge in [0.2, 0.25) is 0 Å². The summed E-state index contributed by atoms with van der Waals surface area (Å²) in [5, 5.41) is 5.17. The molecule has 2 aliphatic rings. The highest BCUT2D eigenvalue weighted by atomic mass is 35.5. The fourth-order valence-corrected chi connectivity index (χ4v) is 4.01. The molecule has 1 aromatic rings. The van der Waals surface area contributed by atoms with E-state index >= 15 is 0 Å². The molecule has 3 rings (SSSR count). The van der Waals surface area contributed by atoms with E-state index in [-0.39, 0.29) is 11.6 Å². The number of hydrogen-bond acceptors (Lipinski definition) is 2. The number of rotatable bonds is 1. The van der Waals surface area contributed by atoms with Crippen LogP contribution in [0.4, 0.5) is 0 Å². The zero-order valence-electron chi connectivity index (χ0n) is 11.8. The minimum Gasteiger partial charge on any atom is -0.370 e. The minimum atomic E-state index is 0.00376. The largest absolute Gasteiger partial charge is 0.370 e. The Kier molecular flexibility index (Phi) is 4.28. The SMILES string of the molecule is CC1CCCC2(COC(c3cc(Cl)ccc3Cl)CN2)C1. The first-order valence-electron chi connectivity index (χ1n) is 7.40. The Labute approximate surface area is 130 Å². The maximum atomic E-state index is 6.26. The maximum absolute atomic E-state index is 6.26. The van der Waals surface area contributed by atoms with Crippen LogP contribution in [0.25, 0.3) is 0 Å². The van der Waals surface area contributed by atoms with Crippen molar-refractivity contribution in [3.8, 4) is 0 Å². The highest BCUT2D eigenvalue weighted by Gasteiger charge is 2.39.